The molecule has 5 rings (SSSR count). The van der Waals surface area contributed by atoms with Gasteiger partial charge in [-0.15, -0.1) is 0 Å². The van der Waals surface area contributed by atoms with Crippen molar-refractivity contribution >= 4 is 11.6 Å². The van der Waals surface area contributed by atoms with Crippen LogP contribution in [0, 0.1) is 12.7 Å². The maximum Gasteiger partial charge on any atom is 0.416 e. The molecular weight excluding hydrogens is 530 g/mol. The number of carbonyl (C=O) groups is 1. The van der Waals surface area contributed by atoms with Crippen LogP contribution >= 0.6 is 0 Å². The van der Waals surface area contributed by atoms with Crippen molar-refractivity contribution in [2.75, 3.05) is 5.32 Å². The predicted molar refractivity (Wildman–Crippen MR) is 138 cm³/mol. The Bertz CT molecular complexity index is 1770. The van der Waals surface area contributed by atoms with Crippen LogP contribution in [-0.4, -0.2) is 25.4 Å². The van der Waals surface area contributed by atoms with Crippen LogP contribution in [0.4, 0.5) is 23.2 Å². The van der Waals surface area contributed by atoms with Crippen molar-refractivity contribution in [3.8, 4) is 28.3 Å². The average Bonchev–Trinajstić information content (AvgIpc) is 3.46. The van der Waals surface area contributed by atoms with E-state index in [1.165, 1.54) is 28.9 Å². The first kappa shape index (κ1) is 26.6. The van der Waals surface area contributed by atoms with Crippen LogP contribution in [0.25, 0.3) is 28.3 Å². The molecule has 8 nitrogen and oxygen atoms in total. The molecule has 0 saturated carbocycles. The lowest BCUT2D eigenvalue weighted by atomic mass is 10.0. The molecule has 0 saturated heterocycles. The van der Waals surface area contributed by atoms with E-state index >= 15 is 0 Å². The number of alkyl halides is 3. The Labute approximate surface area is 224 Å². The number of anilines is 1. The van der Waals surface area contributed by atoms with E-state index in [9.17, 15) is 27.2 Å². The van der Waals surface area contributed by atoms with Crippen molar-refractivity contribution in [1.82, 2.24) is 19.5 Å². The zero-order chi connectivity index (χ0) is 28.6. The van der Waals surface area contributed by atoms with Gasteiger partial charge in [0.2, 0.25) is 5.91 Å². The monoisotopic (exact) mass is 551 g/mol. The van der Waals surface area contributed by atoms with E-state index in [1.54, 1.807) is 42.9 Å². The number of nitrogens with zero attached hydrogens (tertiary/aromatic N) is 4. The second kappa shape index (κ2) is 10.3. The van der Waals surface area contributed by atoms with Gasteiger partial charge in [-0.25, -0.2) is 9.07 Å². The summed E-state index contributed by atoms with van der Waals surface area (Å²) in [7, 11) is 1.69. The lowest BCUT2D eigenvalue weighted by Crippen LogP contribution is -2.23. The molecule has 0 bridgehead atoms. The highest BCUT2D eigenvalue weighted by Crippen LogP contribution is 2.33. The summed E-state index contributed by atoms with van der Waals surface area (Å²) in [6.45, 7) is 1.69. The van der Waals surface area contributed by atoms with Crippen molar-refractivity contribution in [1.29, 1.82) is 0 Å². The molecule has 0 radical (unpaired) electrons. The summed E-state index contributed by atoms with van der Waals surface area (Å²) in [6.07, 6.45) is -4.88. The number of amides is 1. The summed E-state index contributed by atoms with van der Waals surface area (Å²) in [5.41, 5.74) is 0.309. The Morgan fingerprint density at radius 1 is 1.00 bits per heavy atom. The van der Waals surface area contributed by atoms with Crippen LogP contribution < -0.4 is 10.9 Å². The van der Waals surface area contributed by atoms with Crippen molar-refractivity contribution in [3.05, 3.63) is 106 Å². The van der Waals surface area contributed by atoms with Crippen LogP contribution in [0.3, 0.4) is 0 Å². The number of hydrogen-bond acceptors (Lipinski definition) is 5. The Morgan fingerprint density at radius 3 is 2.42 bits per heavy atom. The first-order valence-electron chi connectivity index (χ1n) is 12.0. The SMILES string of the molecule is Cc1c(NC(=O)Cc2noc(-c3ccc(-c4cccc(C(F)(F)F)c4)cc3F)n2)c(=O)n(-c2ccccc2)n1C. The normalized spacial score (nSPS) is 11.6. The average molecular weight is 552 g/mol. The number of rotatable bonds is 6. The summed E-state index contributed by atoms with van der Waals surface area (Å²) >= 11 is 0. The van der Waals surface area contributed by atoms with Gasteiger partial charge in [0.15, 0.2) is 5.82 Å². The van der Waals surface area contributed by atoms with Gasteiger partial charge in [0.05, 0.1) is 28.9 Å². The third-order valence-electron chi connectivity index (χ3n) is 6.33. The Hall–Kier alpha value is -5.00. The van der Waals surface area contributed by atoms with Gasteiger partial charge in [0, 0.05) is 7.05 Å². The second-order valence-electron chi connectivity index (χ2n) is 8.95. The fourth-order valence-electron chi connectivity index (χ4n) is 4.22. The lowest BCUT2D eigenvalue weighted by molar-refractivity contribution is -0.137. The standard InChI is InChI=1S/C28H21F4N5O3/c1-16-25(27(39)37(36(16)2)20-9-4-3-5-10-20)34-24(38)15-23-33-26(40-35-23)21-12-11-18(14-22(21)29)17-7-6-8-19(13-17)28(30,31)32/h3-14H,15H2,1-2H3,(H,34,38). The third kappa shape index (κ3) is 5.15. The van der Waals surface area contributed by atoms with Gasteiger partial charge in [0.1, 0.15) is 11.5 Å². The van der Waals surface area contributed by atoms with Gasteiger partial charge < -0.3 is 9.84 Å². The molecular formula is C28H21F4N5O3. The van der Waals surface area contributed by atoms with Gasteiger partial charge in [-0.1, -0.05) is 41.6 Å². The number of para-hydroxylation sites is 1. The van der Waals surface area contributed by atoms with E-state index in [1.807, 2.05) is 6.07 Å². The molecule has 0 fully saturated rings. The summed E-state index contributed by atoms with van der Waals surface area (Å²) in [5, 5.41) is 6.31. The molecule has 40 heavy (non-hydrogen) atoms. The van der Waals surface area contributed by atoms with E-state index in [-0.39, 0.29) is 40.5 Å². The van der Waals surface area contributed by atoms with E-state index in [0.29, 0.717) is 11.4 Å². The molecule has 1 N–H and O–H groups in total. The minimum atomic E-state index is -4.53. The van der Waals surface area contributed by atoms with Crippen LogP contribution in [0.1, 0.15) is 17.1 Å². The Morgan fingerprint density at radius 2 is 1.73 bits per heavy atom. The van der Waals surface area contributed by atoms with Gasteiger partial charge >= 0.3 is 6.18 Å². The fraction of sp³-hybridized carbons (Fsp3) is 0.143. The molecule has 0 aliphatic heterocycles. The molecule has 2 aromatic heterocycles. The molecule has 2 heterocycles. The maximum absolute atomic E-state index is 14.9. The fourth-order valence-corrected chi connectivity index (χ4v) is 4.22. The molecule has 5 aromatic rings. The van der Waals surface area contributed by atoms with Crippen LogP contribution in [0.2, 0.25) is 0 Å². The number of halogens is 4. The maximum atomic E-state index is 14.9. The number of hydrogen-bond donors (Lipinski definition) is 1. The number of aromatic nitrogens is 4. The van der Waals surface area contributed by atoms with Crippen LogP contribution in [-0.2, 0) is 24.4 Å². The molecule has 0 atom stereocenters. The molecule has 0 unspecified atom stereocenters. The van der Waals surface area contributed by atoms with Crippen molar-refractivity contribution in [2.45, 2.75) is 19.5 Å². The van der Waals surface area contributed by atoms with Crippen molar-refractivity contribution in [3.63, 3.8) is 0 Å². The summed E-state index contributed by atoms with van der Waals surface area (Å²) < 4.78 is 62.2. The molecule has 0 aliphatic rings. The van der Waals surface area contributed by atoms with E-state index in [4.69, 9.17) is 4.52 Å². The Kier molecular flexibility index (Phi) is 6.84. The number of benzene rings is 3. The first-order chi connectivity index (χ1) is 19.0. The number of nitrogens with one attached hydrogen (secondary N) is 1. The van der Waals surface area contributed by atoms with Gasteiger partial charge in [-0.2, -0.15) is 18.2 Å². The molecule has 0 spiro atoms. The highest BCUT2D eigenvalue weighted by Gasteiger charge is 2.30. The molecule has 0 aliphatic carbocycles. The smallest absolute Gasteiger partial charge is 0.334 e. The zero-order valence-electron chi connectivity index (χ0n) is 21.2. The van der Waals surface area contributed by atoms with Crippen LogP contribution in [0.5, 0.6) is 0 Å². The third-order valence-corrected chi connectivity index (χ3v) is 6.33. The lowest BCUT2D eigenvalue weighted by Gasteiger charge is -2.09. The molecule has 3 aromatic carbocycles. The van der Waals surface area contributed by atoms with Crippen molar-refractivity contribution in [2.24, 2.45) is 7.05 Å². The second-order valence-corrected chi connectivity index (χ2v) is 8.95. The number of carbonyl (C=O) groups excluding carboxylic acids is 1. The predicted octanol–water partition coefficient (Wildman–Crippen LogP) is 5.54. The largest absolute Gasteiger partial charge is 0.416 e. The molecule has 12 heteroatoms. The molecule has 204 valence electrons. The summed E-state index contributed by atoms with van der Waals surface area (Å²) in [4.78, 5) is 29.8. The zero-order valence-corrected chi connectivity index (χ0v) is 21.2. The van der Waals surface area contributed by atoms with E-state index < -0.39 is 29.0 Å². The Balaban J connectivity index is 1.32. The summed E-state index contributed by atoms with van der Waals surface area (Å²) in [6, 6.07) is 17.3. The van der Waals surface area contributed by atoms with Gasteiger partial charge in [0.25, 0.3) is 11.4 Å². The van der Waals surface area contributed by atoms with Crippen LogP contribution in [0.15, 0.2) is 82.1 Å². The van der Waals surface area contributed by atoms with E-state index in [0.717, 1.165) is 18.2 Å². The quantitative estimate of drug-likeness (QED) is 0.280. The molecule has 1 amide bonds. The highest BCUT2D eigenvalue weighted by molar-refractivity contribution is 5.92. The van der Waals surface area contributed by atoms with Crippen molar-refractivity contribution < 1.29 is 26.9 Å². The van der Waals surface area contributed by atoms with E-state index in [2.05, 4.69) is 15.5 Å². The minimum absolute atomic E-state index is 0.0502. The topological polar surface area (TPSA) is 95.0 Å². The minimum Gasteiger partial charge on any atom is -0.334 e. The van der Waals surface area contributed by atoms with Gasteiger partial charge in [-0.3, -0.25) is 14.3 Å². The van der Waals surface area contributed by atoms with Gasteiger partial charge in [-0.05, 0) is 54.4 Å². The first-order valence-corrected chi connectivity index (χ1v) is 12.0. The summed E-state index contributed by atoms with van der Waals surface area (Å²) in [5.74, 6) is -1.64. The highest BCUT2D eigenvalue weighted by atomic mass is 19.4.